The van der Waals surface area contributed by atoms with Crippen LogP contribution >= 0.6 is 0 Å². The molecule has 3 aromatic rings. The number of imidazole rings is 1. The molecule has 0 bridgehead atoms. The third kappa shape index (κ3) is 4.48. The summed E-state index contributed by atoms with van der Waals surface area (Å²) in [6, 6.07) is 14.2. The number of piperazine rings is 1. The van der Waals surface area contributed by atoms with E-state index >= 15 is 0 Å². The van der Waals surface area contributed by atoms with Crippen molar-refractivity contribution in [1.82, 2.24) is 29.7 Å². The van der Waals surface area contributed by atoms with Crippen LogP contribution in [-0.4, -0.2) is 69.6 Å². The van der Waals surface area contributed by atoms with E-state index in [9.17, 15) is 4.79 Å². The number of nitrogens with one attached hydrogen (secondary N) is 1. The smallest absolute Gasteiger partial charge is 0.317 e. The molecule has 0 aliphatic carbocycles. The van der Waals surface area contributed by atoms with Gasteiger partial charge in [0.05, 0.1) is 6.33 Å². The molecule has 2 amide bonds. The maximum Gasteiger partial charge on any atom is 0.317 e. The number of rotatable bonds is 6. The normalized spacial score (nSPS) is 15.1. The number of amides is 2. The molecule has 0 saturated carbocycles. The SMILES string of the molecule is O=C(NCCc1ccccc1)N1CCN(CCn2cnc3cccnc32)CC1. The third-order valence-corrected chi connectivity index (χ3v) is 5.22. The monoisotopic (exact) mass is 378 g/mol. The number of fused-ring (bicyclic) bond motifs is 1. The molecule has 0 radical (unpaired) electrons. The molecule has 4 rings (SSSR count). The molecule has 1 aromatic carbocycles. The van der Waals surface area contributed by atoms with Crippen LogP contribution in [0.5, 0.6) is 0 Å². The quantitative estimate of drug-likeness (QED) is 0.713. The number of hydrogen-bond acceptors (Lipinski definition) is 4. The Morgan fingerprint density at radius 1 is 0.964 bits per heavy atom. The second kappa shape index (κ2) is 8.84. The summed E-state index contributed by atoms with van der Waals surface area (Å²) in [6.45, 7) is 5.78. The summed E-state index contributed by atoms with van der Waals surface area (Å²) in [5.74, 6) is 0. The zero-order valence-electron chi connectivity index (χ0n) is 16.0. The van der Waals surface area contributed by atoms with Crippen molar-refractivity contribution in [2.75, 3.05) is 39.3 Å². The third-order valence-electron chi connectivity index (χ3n) is 5.22. The van der Waals surface area contributed by atoms with Crippen molar-refractivity contribution in [3.8, 4) is 0 Å². The predicted molar refractivity (Wildman–Crippen MR) is 109 cm³/mol. The zero-order chi connectivity index (χ0) is 19.2. The lowest BCUT2D eigenvalue weighted by Gasteiger charge is -2.34. The Bertz CT molecular complexity index is 901. The van der Waals surface area contributed by atoms with Crippen LogP contribution in [-0.2, 0) is 13.0 Å². The average molecular weight is 378 g/mol. The molecule has 0 unspecified atom stereocenters. The second-order valence-electron chi connectivity index (χ2n) is 7.08. The lowest BCUT2D eigenvalue weighted by atomic mass is 10.1. The van der Waals surface area contributed by atoms with Crippen LogP contribution in [0.2, 0.25) is 0 Å². The van der Waals surface area contributed by atoms with Crippen molar-refractivity contribution < 1.29 is 4.79 Å². The molecule has 2 aromatic heterocycles. The number of hydrogen-bond donors (Lipinski definition) is 1. The summed E-state index contributed by atoms with van der Waals surface area (Å²) in [7, 11) is 0. The fraction of sp³-hybridized carbons (Fsp3) is 0.381. The van der Waals surface area contributed by atoms with Gasteiger partial charge in [0.25, 0.3) is 0 Å². The fourth-order valence-electron chi connectivity index (χ4n) is 3.55. The van der Waals surface area contributed by atoms with E-state index in [2.05, 4.69) is 36.9 Å². The van der Waals surface area contributed by atoms with Crippen molar-refractivity contribution in [2.24, 2.45) is 0 Å². The highest BCUT2D eigenvalue weighted by Gasteiger charge is 2.20. The van der Waals surface area contributed by atoms with Gasteiger partial charge in [0.1, 0.15) is 5.52 Å². The van der Waals surface area contributed by atoms with E-state index in [-0.39, 0.29) is 6.03 Å². The van der Waals surface area contributed by atoms with Crippen LogP contribution in [0.1, 0.15) is 5.56 Å². The van der Waals surface area contributed by atoms with E-state index in [1.54, 1.807) is 6.20 Å². The van der Waals surface area contributed by atoms with Gasteiger partial charge in [-0.3, -0.25) is 4.90 Å². The van der Waals surface area contributed by atoms with Gasteiger partial charge in [0, 0.05) is 52.0 Å². The molecule has 0 atom stereocenters. The van der Waals surface area contributed by atoms with Crippen LogP contribution in [0.15, 0.2) is 55.0 Å². The molecule has 28 heavy (non-hydrogen) atoms. The number of carbonyl (C=O) groups is 1. The molecule has 1 aliphatic rings. The van der Waals surface area contributed by atoms with Gasteiger partial charge in [-0.1, -0.05) is 30.3 Å². The first-order chi connectivity index (χ1) is 13.8. The van der Waals surface area contributed by atoms with Crippen molar-refractivity contribution >= 4 is 17.2 Å². The van der Waals surface area contributed by atoms with Gasteiger partial charge in [-0.2, -0.15) is 0 Å². The number of benzene rings is 1. The first-order valence-corrected chi connectivity index (χ1v) is 9.84. The topological polar surface area (TPSA) is 66.3 Å². The molecule has 7 nitrogen and oxygen atoms in total. The van der Waals surface area contributed by atoms with Gasteiger partial charge in [0.2, 0.25) is 0 Å². The van der Waals surface area contributed by atoms with E-state index < -0.39 is 0 Å². The van der Waals surface area contributed by atoms with Crippen LogP contribution in [0, 0.1) is 0 Å². The zero-order valence-corrected chi connectivity index (χ0v) is 16.0. The van der Waals surface area contributed by atoms with Gasteiger partial charge in [-0.25, -0.2) is 14.8 Å². The van der Waals surface area contributed by atoms with E-state index in [1.807, 2.05) is 41.6 Å². The first kappa shape index (κ1) is 18.4. The number of aromatic nitrogens is 3. The Labute approximate surface area is 165 Å². The lowest BCUT2D eigenvalue weighted by Crippen LogP contribution is -2.52. The van der Waals surface area contributed by atoms with Crippen LogP contribution in [0.3, 0.4) is 0 Å². The molecule has 1 aliphatic heterocycles. The van der Waals surface area contributed by atoms with E-state index in [0.29, 0.717) is 6.54 Å². The molecular formula is C21H26N6O. The first-order valence-electron chi connectivity index (χ1n) is 9.84. The largest absolute Gasteiger partial charge is 0.338 e. The summed E-state index contributed by atoms with van der Waals surface area (Å²) < 4.78 is 2.10. The van der Waals surface area contributed by atoms with Crippen molar-refractivity contribution in [3.05, 3.63) is 60.6 Å². The lowest BCUT2D eigenvalue weighted by molar-refractivity contribution is 0.137. The summed E-state index contributed by atoms with van der Waals surface area (Å²) in [4.78, 5) is 25.5. The Balaban J connectivity index is 1.18. The maximum absolute atomic E-state index is 12.4. The molecule has 1 fully saturated rings. The van der Waals surface area contributed by atoms with Gasteiger partial charge >= 0.3 is 6.03 Å². The van der Waals surface area contributed by atoms with Crippen LogP contribution in [0.25, 0.3) is 11.2 Å². The number of pyridine rings is 1. The Morgan fingerprint density at radius 3 is 2.61 bits per heavy atom. The minimum absolute atomic E-state index is 0.0420. The Morgan fingerprint density at radius 2 is 1.79 bits per heavy atom. The molecule has 146 valence electrons. The fourth-order valence-corrected chi connectivity index (χ4v) is 3.55. The second-order valence-corrected chi connectivity index (χ2v) is 7.08. The van der Waals surface area contributed by atoms with Gasteiger partial charge < -0.3 is 14.8 Å². The standard InChI is InChI=1S/C21H26N6O/c28-21(23-10-8-18-5-2-1-3-6-18)26-14-11-25(12-15-26)13-16-27-17-24-19-7-4-9-22-20(19)27/h1-7,9,17H,8,10-16H2,(H,23,28). The molecule has 3 heterocycles. The highest BCUT2D eigenvalue weighted by Crippen LogP contribution is 2.09. The van der Waals surface area contributed by atoms with Gasteiger partial charge in [-0.15, -0.1) is 0 Å². The summed E-state index contributed by atoms with van der Waals surface area (Å²) in [5.41, 5.74) is 3.10. The minimum atomic E-state index is 0.0420. The van der Waals surface area contributed by atoms with Crippen molar-refractivity contribution in [3.63, 3.8) is 0 Å². The summed E-state index contributed by atoms with van der Waals surface area (Å²) in [5, 5.41) is 3.04. The van der Waals surface area contributed by atoms with Crippen LogP contribution < -0.4 is 5.32 Å². The highest BCUT2D eigenvalue weighted by molar-refractivity contribution is 5.74. The molecular weight excluding hydrogens is 352 g/mol. The van der Waals surface area contributed by atoms with Gasteiger partial charge in [0.15, 0.2) is 5.65 Å². The molecule has 0 spiro atoms. The molecule has 7 heteroatoms. The van der Waals surface area contributed by atoms with Gasteiger partial charge in [-0.05, 0) is 24.1 Å². The predicted octanol–water partition coefficient (Wildman–Crippen LogP) is 2.00. The molecule has 1 saturated heterocycles. The van der Waals surface area contributed by atoms with E-state index in [4.69, 9.17) is 0 Å². The minimum Gasteiger partial charge on any atom is -0.338 e. The van der Waals surface area contributed by atoms with Crippen molar-refractivity contribution in [1.29, 1.82) is 0 Å². The number of nitrogens with zero attached hydrogens (tertiary/aromatic N) is 5. The highest BCUT2D eigenvalue weighted by atomic mass is 16.2. The summed E-state index contributed by atoms with van der Waals surface area (Å²) >= 11 is 0. The Hall–Kier alpha value is -2.93. The van der Waals surface area contributed by atoms with Crippen molar-refractivity contribution in [2.45, 2.75) is 13.0 Å². The van der Waals surface area contributed by atoms with Crippen LogP contribution in [0.4, 0.5) is 4.79 Å². The maximum atomic E-state index is 12.4. The average Bonchev–Trinajstić information content (AvgIpc) is 3.16. The van der Waals surface area contributed by atoms with E-state index in [0.717, 1.165) is 56.9 Å². The Kier molecular flexibility index (Phi) is 5.82. The molecule has 1 N–H and O–H groups in total. The number of urea groups is 1. The van der Waals surface area contributed by atoms with E-state index in [1.165, 1.54) is 5.56 Å². The summed E-state index contributed by atoms with van der Waals surface area (Å²) in [6.07, 6.45) is 4.52. The number of carbonyl (C=O) groups excluding carboxylic acids is 1.